The zero-order chi connectivity index (χ0) is 12.3. The number of benzene rings is 2. The van der Waals surface area contributed by atoms with Crippen molar-refractivity contribution in [3.05, 3.63) is 64.2 Å². The molecule has 88 valence electrons. The number of rotatable bonds is 3. The summed E-state index contributed by atoms with van der Waals surface area (Å²) in [7, 11) is 0. The van der Waals surface area contributed by atoms with Gasteiger partial charge in [0.25, 0.3) is 0 Å². The van der Waals surface area contributed by atoms with Gasteiger partial charge in [0.15, 0.2) is 0 Å². The first-order valence-corrected chi connectivity index (χ1v) is 5.98. The van der Waals surface area contributed by atoms with Crippen molar-refractivity contribution in [2.24, 2.45) is 0 Å². The number of aryl methyl sites for hydroxylation is 2. The molecule has 0 saturated carbocycles. The predicted octanol–water partition coefficient (Wildman–Crippen LogP) is 4.54. The van der Waals surface area contributed by atoms with E-state index in [1.165, 1.54) is 5.56 Å². The number of hydrogen-bond donors (Lipinski definition) is 0. The summed E-state index contributed by atoms with van der Waals surface area (Å²) in [5.41, 5.74) is 3.35. The van der Waals surface area contributed by atoms with Gasteiger partial charge in [-0.1, -0.05) is 41.9 Å². The third-order valence-electron chi connectivity index (χ3n) is 2.68. The van der Waals surface area contributed by atoms with Crippen molar-refractivity contribution in [2.45, 2.75) is 20.5 Å². The first kappa shape index (κ1) is 12.0. The van der Waals surface area contributed by atoms with E-state index in [-0.39, 0.29) is 0 Å². The van der Waals surface area contributed by atoms with Gasteiger partial charge < -0.3 is 4.74 Å². The molecule has 0 N–H and O–H groups in total. The first-order valence-electron chi connectivity index (χ1n) is 5.60. The maximum Gasteiger partial charge on any atom is 0.122 e. The molecule has 2 heteroatoms. The molecular weight excluding hydrogens is 232 g/mol. The lowest BCUT2D eigenvalue weighted by atomic mass is 10.1. The fourth-order valence-corrected chi connectivity index (χ4v) is 1.82. The standard InChI is InChI=1S/C15H15ClO/c1-11-7-8-12(2)15(9-11)17-10-13-5-3-4-6-14(13)16/h3-9H,10H2,1-2H3. The number of ether oxygens (including phenoxy) is 1. The molecule has 0 aliphatic rings. The maximum absolute atomic E-state index is 6.08. The van der Waals surface area contributed by atoms with Crippen LogP contribution in [0.25, 0.3) is 0 Å². The van der Waals surface area contributed by atoms with Crippen molar-refractivity contribution in [1.29, 1.82) is 0 Å². The summed E-state index contributed by atoms with van der Waals surface area (Å²) in [6.45, 7) is 4.60. The Morgan fingerprint density at radius 3 is 2.59 bits per heavy atom. The molecule has 17 heavy (non-hydrogen) atoms. The van der Waals surface area contributed by atoms with Crippen LogP contribution in [0.3, 0.4) is 0 Å². The van der Waals surface area contributed by atoms with Crippen LogP contribution in [0.1, 0.15) is 16.7 Å². The third-order valence-corrected chi connectivity index (χ3v) is 3.05. The second kappa shape index (κ2) is 5.24. The minimum absolute atomic E-state index is 0.504. The summed E-state index contributed by atoms with van der Waals surface area (Å²) in [4.78, 5) is 0. The SMILES string of the molecule is Cc1ccc(C)c(OCc2ccccc2Cl)c1. The summed E-state index contributed by atoms with van der Waals surface area (Å²) in [5.74, 6) is 0.921. The molecule has 0 aliphatic carbocycles. The summed E-state index contributed by atoms with van der Waals surface area (Å²) in [5, 5.41) is 0.748. The van der Waals surface area contributed by atoms with Crippen LogP contribution in [0, 0.1) is 13.8 Å². The number of hydrogen-bond acceptors (Lipinski definition) is 1. The van der Waals surface area contributed by atoms with E-state index in [9.17, 15) is 0 Å². The predicted molar refractivity (Wildman–Crippen MR) is 71.7 cm³/mol. The summed E-state index contributed by atoms with van der Waals surface area (Å²) in [6.07, 6.45) is 0. The molecule has 2 rings (SSSR count). The van der Waals surface area contributed by atoms with E-state index in [4.69, 9.17) is 16.3 Å². The molecule has 0 saturated heterocycles. The van der Waals surface area contributed by atoms with Crippen LogP contribution in [0.5, 0.6) is 5.75 Å². The van der Waals surface area contributed by atoms with E-state index >= 15 is 0 Å². The third kappa shape index (κ3) is 3.01. The Morgan fingerprint density at radius 2 is 1.82 bits per heavy atom. The zero-order valence-corrected chi connectivity index (χ0v) is 10.8. The summed E-state index contributed by atoms with van der Waals surface area (Å²) in [6, 6.07) is 13.9. The Kier molecular flexibility index (Phi) is 3.70. The number of halogens is 1. The van der Waals surface area contributed by atoms with Crippen LogP contribution in [0.4, 0.5) is 0 Å². The topological polar surface area (TPSA) is 9.23 Å². The molecule has 2 aromatic rings. The van der Waals surface area contributed by atoms with Gasteiger partial charge in [0.05, 0.1) is 0 Å². The van der Waals surface area contributed by atoms with Crippen LogP contribution >= 0.6 is 11.6 Å². The first-order chi connectivity index (χ1) is 8.16. The zero-order valence-electron chi connectivity index (χ0n) is 10.0. The van der Waals surface area contributed by atoms with Gasteiger partial charge in [-0.2, -0.15) is 0 Å². The average molecular weight is 247 g/mol. The minimum Gasteiger partial charge on any atom is -0.489 e. The van der Waals surface area contributed by atoms with Crippen LogP contribution < -0.4 is 4.74 Å². The Balaban J connectivity index is 2.12. The highest BCUT2D eigenvalue weighted by Gasteiger charge is 2.03. The lowest BCUT2D eigenvalue weighted by molar-refractivity contribution is 0.304. The van der Waals surface area contributed by atoms with E-state index in [0.717, 1.165) is 21.9 Å². The van der Waals surface area contributed by atoms with E-state index < -0.39 is 0 Å². The molecule has 0 aliphatic heterocycles. The molecule has 0 amide bonds. The molecule has 0 fully saturated rings. The Bertz CT molecular complexity index is 520. The summed E-state index contributed by atoms with van der Waals surface area (Å²) < 4.78 is 5.80. The van der Waals surface area contributed by atoms with Gasteiger partial charge >= 0.3 is 0 Å². The molecule has 2 aromatic carbocycles. The van der Waals surface area contributed by atoms with Gasteiger partial charge in [0, 0.05) is 10.6 Å². The largest absolute Gasteiger partial charge is 0.489 e. The second-order valence-corrected chi connectivity index (χ2v) is 4.56. The molecular formula is C15H15ClO. The highest BCUT2D eigenvalue weighted by atomic mass is 35.5. The lowest BCUT2D eigenvalue weighted by Crippen LogP contribution is -1.98. The smallest absolute Gasteiger partial charge is 0.122 e. The normalized spacial score (nSPS) is 10.3. The van der Waals surface area contributed by atoms with Gasteiger partial charge in [-0.15, -0.1) is 0 Å². The minimum atomic E-state index is 0.504. The highest BCUT2D eigenvalue weighted by Crippen LogP contribution is 2.22. The van der Waals surface area contributed by atoms with Crippen molar-refractivity contribution in [2.75, 3.05) is 0 Å². The molecule has 1 nitrogen and oxygen atoms in total. The highest BCUT2D eigenvalue weighted by molar-refractivity contribution is 6.31. The quantitative estimate of drug-likeness (QED) is 0.773. The van der Waals surface area contributed by atoms with Crippen molar-refractivity contribution in [3.63, 3.8) is 0 Å². The van der Waals surface area contributed by atoms with Gasteiger partial charge in [0.1, 0.15) is 12.4 Å². The van der Waals surface area contributed by atoms with Gasteiger partial charge in [-0.3, -0.25) is 0 Å². The van der Waals surface area contributed by atoms with E-state index in [1.807, 2.05) is 37.3 Å². The van der Waals surface area contributed by atoms with Crippen molar-refractivity contribution < 1.29 is 4.74 Å². The van der Waals surface area contributed by atoms with Crippen LogP contribution in [-0.2, 0) is 6.61 Å². The van der Waals surface area contributed by atoms with Crippen LogP contribution in [-0.4, -0.2) is 0 Å². The molecule has 0 spiro atoms. The molecule has 0 heterocycles. The molecule has 0 radical (unpaired) electrons. The van der Waals surface area contributed by atoms with Gasteiger partial charge in [-0.05, 0) is 37.1 Å². The monoisotopic (exact) mass is 246 g/mol. The maximum atomic E-state index is 6.08. The Hall–Kier alpha value is -1.47. The summed E-state index contributed by atoms with van der Waals surface area (Å²) >= 11 is 6.08. The Morgan fingerprint density at radius 1 is 1.06 bits per heavy atom. The van der Waals surface area contributed by atoms with Crippen LogP contribution in [0.2, 0.25) is 5.02 Å². The van der Waals surface area contributed by atoms with E-state index in [1.54, 1.807) is 0 Å². The molecule has 0 unspecified atom stereocenters. The van der Waals surface area contributed by atoms with Crippen molar-refractivity contribution in [1.82, 2.24) is 0 Å². The Labute approximate surface area is 107 Å². The van der Waals surface area contributed by atoms with Crippen molar-refractivity contribution >= 4 is 11.6 Å². The molecule has 0 aromatic heterocycles. The lowest BCUT2D eigenvalue weighted by Gasteiger charge is -2.10. The second-order valence-electron chi connectivity index (χ2n) is 4.15. The van der Waals surface area contributed by atoms with Gasteiger partial charge in [0.2, 0.25) is 0 Å². The fraction of sp³-hybridized carbons (Fsp3) is 0.200. The molecule has 0 bridgehead atoms. The fourth-order valence-electron chi connectivity index (χ4n) is 1.63. The van der Waals surface area contributed by atoms with E-state index in [2.05, 4.69) is 19.1 Å². The van der Waals surface area contributed by atoms with Gasteiger partial charge in [-0.25, -0.2) is 0 Å². The average Bonchev–Trinajstić information content (AvgIpc) is 2.32. The van der Waals surface area contributed by atoms with E-state index in [0.29, 0.717) is 6.61 Å². The van der Waals surface area contributed by atoms with Crippen molar-refractivity contribution in [3.8, 4) is 5.75 Å². The molecule has 0 atom stereocenters. The van der Waals surface area contributed by atoms with Crippen LogP contribution in [0.15, 0.2) is 42.5 Å².